The van der Waals surface area contributed by atoms with Crippen molar-refractivity contribution in [3.05, 3.63) is 210 Å². The van der Waals surface area contributed by atoms with Crippen LogP contribution in [0.25, 0.3) is 78.1 Å². The first kappa shape index (κ1) is 34.7. The van der Waals surface area contributed by atoms with Gasteiger partial charge in [-0.25, -0.2) is 9.97 Å². The molecule has 1 aliphatic heterocycles. The van der Waals surface area contributed by atoms with Gasteiger partial charge in [0.2, 0.25) is 5.95 Å². The normalized spacial score (nSPS) is 18.7. The van der Waals surface area contributed by atoms with E-state index < -0.39 is 0 Å². The molecule has 0 radical (unpaired) electrons. The third kappa shape index (κ3) is 5.23. The number of hydrogen-bond donors (Lipinski definition) is 0. The highest BCUT2D eigenvalue weighted by Crippen LogP contribution is 2.52. The minimum Gasteiger partial charge on any atom is -0.481 e. The van der Waals surface area contributed by atoms with Gasteiger partial charge in [-0.05, 0) is 105 Å². The zero-order valence-corrected chi connectivity index (χ0v) is 33.5. The Labute approximate surface area is 349 Å². The SMILES string of the molecule is C/C=C\c1ccc(C2=C(C3C=CC=CC3)c3cccc4ccc5c(c34)c3c2cccc3n5-c2nc(-c3cccc(-c4ccccc4)c3)c3c(n2)C2C=CC=CC2O3)cc1C. The smallest absolute Gasteiger partial charge is 0.235 e. The van der Waals surface area contributed by atoms with Crippen LogP contribution in [-0.2, 0) is 0 Å². The maximum absolute atomic E-state index is 6.76. The van der Waals surface area contributed by atoms with E-state index in [-0.39, 0.29) is 17.9 Å². The van der Waals surface area contributed by atoms with E-state index in [1.54, 1.807) is 0 Å². The van der Waals surface area contributed by atoms with Crippen LogP contribution in [0.4, 0.5) is 0 Å². The molecule has 0 fully saturated rings. The molecular formula is C56H41N3O. The van der Waals surface area contributed by atoms with Crippen LogP contribution in [0.2, 0.25) is 0 Å². The van der Waals surface area contributed by atoms with Gasteiger partial charge >= 0.3 is 0 Å². The summed E-state index contributed by atoms with van der Waals surface area (Å²) >= 11 is 0. The van der Waals surface area contributed by atoms with Crippen LogP contribution in [0.15, 0.2) is 176 Å². The Bertz CT molecular complexity index is 3300. The summed E-state index contributed by atoms with van der Waals surface area (Å²) < 4.78 is 9.08. The summed E-state index contributed by atoms with van der Waals surface area (Å²) in [6.45, 7) is 4.31. The summed E-state index contributed by atoms with van der Waals surface area (Å²) in [5.74, 6) is 1.61. The summed E-state index contributed by atoms with van der Waals surface area (Å²) in [6.07, 6.45) is 22.8. The van der Waals surface area contributed by atoms with Crippen LogP contribution in [0.1, 0.15) is 52.8 Å². The molecule has 3 atom stereocenters. The Balaban J connectivity index is 1.17. The van der Waals surface area contributed by atoms with E-state index in [4.69, 9.17) is 14.7 Å². The van der Waals surface area contributed by atoms with Crippen molar-refractivity contribution in [1.29, 1.82) is 0 Å². The van der Waals surface area contributed by atoms with Gasteiger partial charge in [0.15, 0.2) is 5.75 Å². The fourth-order valence-electron chi connectivity index (χ4n) is 10.2. The number of allylic oxidation sites excluding steroid dienone is 8. The lowest BCUT2D eigenvalue weighted by molar-refractivity contribution is 0.269. The topological polar surface area (TPSA) is 39.9 Å². The molecule has 4 heteroatoms. The highest BCUT2D eigenvalue weighted by atomic mass is 16.5. The molecule has 4 nitrogen and oxygen atoms in total. The molecule has 12 rings (SSSR count). The number of ether oxygens (including phenoxy) is 1. The molecular weight excluding hydrogens is 731 g/mol. The summed E-state index contributed by atoms with van der Waals surface area (Å²) in [6, 6.07) is 44.4. The Morgan fingerprint density at radius 2 is 1.45 bits per heavy atom. The van der Waals surface area contributed by atoms with Gasteiger partial charge in [0, 0.05) is 22.3 Å². The molecule has 3 heterocycles. The first-order valence-electron chi connectivity index (χ1n) is 21.1. The lowest BCUT2D eigenvalue weighted by atomic mass is 9.79. The number of benzene rings is 6. The van der Waals surface area contributed by atoms with Gasteiger partial charge in [-0.3, -0.25) is 4.57 Å². The van der Waals surface area contributed by atoms with Gasteiger partial charge in [0.05, 0.1) is 22.6 Å². The Kier molecular flexibility index (Phi) is 7.89. The first-order chi connectivity index (χ1) is 29.6. The number of aryl methyl sites for hydroxylation is 1. The van der Waals surface area contributed by atoms with Crippen molar-refractivity contribution in [3.63, 3.8) is 0 Å². The third-order valence-corrected chi connectivity index (χ3v) is 12.9. The average Bonchev–Trinajstić information content (AvgIpc) is 3.81. The summed E-state index contributed by atoms with van der Waals surface area (Å²) in [5, 5.41) is 4.98. The number of rotatable bonds is 6. The van der Waals surface area contributed by atoms with Gasteiger partial charge < -0.3 is 4.74 Å². The van der Waals surface area contributed by atoms with Gasteiger partial charge in [0.1, 0.15) is 11.8 Å². The lowest BCUT2D eigenvalue weighted by Gasteiger charge is -2.24. The largest absolute Gasteiger partial charge is 0.481 e. The molecule has 0 spiro atoms. The van der Waals surface area contributed by atoms with Gasteiger partial charge in [-0.1, -0.05) is 158 Å². The van der Waals surface area contributed by atoms with E-state index in [0.717, 1.165) is 51.3 Å². The second-order valence-corrected chi connectivity index (χ2v) is 16.3. The van der Waals surface area contributed by atoms with Crippen molar-refractivity contribution < 1.29 is 4.74 Å². The fraction of sp³-hybridized carbons (Fsp3) is 0.107. The molecule has 4 aliphatic rings. The predicted octanol–water partition coefficient (Wildman–Crippen LogP) is 13.8. The minimum atomic E-state index is -0.134. The van der Waals surface area contributed by atoms with Crippen molar-refractivity contribution in [2.24, 2.45) is 5.92 Å². The monoisotopic (exact) mass is 771 g/mol. The van der Waals surface area contributed by atoms with Crippen LogP contribution in [-0.4, -0.2) is 20.6 Å². The number of hydrogen-bond acceptors (Lipinski definition) is 3. The van der Waals surface area contributed by atoms with Gasteiger partial charge in [-0.2, -0.15) is 0 Å². The maximum Gasteiger partial charge on any atom is 0.235 e. The number of aromatic nitrogens is 3. The van der Waals surface area contributed by atoms with Crippen LogP contribution >= 0.6 is 0 Å². The molecule has 60 heavy (non-hydrogen) atoms. The van der Waals surface area contributed by atoms with Crippen LogP contribution in [0.5, 0.6) is 5.75 Å². The summed E-state index contributed by atoms with van der Waals surface area (Å²) in [4.78, 5) is 11.1. The minimum absolute atomic E-state index is 0.0127. The van der Waals surface area contributed by atoms with Crippen LogP contribution < -0.4 is 4.74 Å². The first-order valence-corrected chi connectivity index (χ1v) is 21.1. The molecule has 286 valence electrons. The number of fused-ring (bicyclic) bond motifs is 3. The molecule has 3 unspecified atom stereocenters. The quantitative estimate of drug-likeness (QED) is 0.169. The van der Waals surface area contributed by atoms with E-state index in [0.29, 0.717) is 5.95 Å². The fourth-order valence-corrected chi connectivity index (χ4v) is 10.2. The molecule has 3 aliphatic carbocycles. The van der Waals surface area contributed by atoms with E-state index in [1.165, 1.54) is 60.5 Å². The van der Waals surface area contributed by atoms with Crippen molar-refractivity contribution in [1.82, 2.24) is 14.5 Å². The van der Waals surface area contributed by atoms with Crippen LogP contribution in [0, 0.1) is 12.8 Å². The summed E-state index contributed by atoms with van der Waals surface area (Å²) in [7, 11) is 0. The van der Waals surface area contributed by atoms with Crippen LogP contribution in [0.3, 0.4) is 0 Å². The molecule has 0 amide bonds. The second-order valence-electron chi connectivity index (χ2n) is 16.3. The second kappa shape index (κ2) is 13.6. The predicted molar refractivity (Wildman–Crippen MR) is 248 cm³/mol. The van der Waals surface area contributed by atoms with E-state index in [1.807, 2.05) is 0 Å². The van der Waals surface area contributed by atoms with Gasteiger partial charge in [0.25, 0.3) is 0 Å². The third-order valence-electron chi connectivity index (χ3n) is 12.9. The maximum atomic E-state index is 6.76. The van der Waals surface area contributed by atoms with Crippen molar-refractivity contribution in [3.8, 4) is 34.1 Å². The number of nitrogens with zero attached hydrogens (tertiary/aromatic N) is 3. The Hall–Kier alpha value is -7.30. The van der Waals surface area contributed by atoms with E-state index in [9.17, 15) is 0 Å². The Morgan fingerprint density at radius 3 is 2.32 bits per heavy atom. The molecule has 0 saturated heterocycles. The molecule has 2 aromatic heterocycles. The molecule has 0 saturated carbocycles. The highest BCUT2D eigenvalue weighted by molar-refractivity contribution is 6.30. The van der Waals surface area contributed by atoms with Crippen molar-refractivity contribution in [2.45, 2.75) is 32.3 Å². The van der Waals surface area contributed by atoms with Gasteiger partial charge in [-0.15, -0.1) is 0 Å². The molecule has 0 bridgehead atoms. The average molecular weight is 772 g/mol. The lowest BCUT2D eigenvalue weighted by Crippen LogP contribution is -2.16. The Morgan fingerprint density at radius 1 is 0.650 bits per heavy atom. The molecule has 0 N–H and O–H groups in total. The highest BCUT2D eigenvalue weighted by Gasteiger charge is 2.38. The van der Waals surface area contributed by atoms with E-state index >= 15 is 0 Å². The molecule has 8 aromatic rings. The zero-order valence-electron chi connectivity index (χ0n) is 33.5. The van der Waals surface area contributed by atoms with E-state index in [2.05, 4.69) is 201 Å². The standard InChI is InChI=1S/C56H41N3O/c1-3-15-35-28-29-40(32-34(35)2)50-44-25-14-26-45-51(44)52-46(31-30-38-20-13-24-43(49(38)52)48(50)37-18-8-5-9-19-37)59(45)56-57-53(55-54(58-56)42-23-10-11-27-47(42)60-55)41-22-12-21-39(33-41)36-16-6-4-7-17-36/h3-18,20-33,37,42,47H,19H2,1-2H3/b15-3-. The van der Waals surface area contributed by atoms with Crippen molar-refractivity contribution >= 4 is 49.8 Å². The molecule has 6 aromatic carbocycles. The van der Waals surface area contributed by atoms with Crippen molar-refractivity contribution in [2.75, 3.05) is 0 Å². The summed E-state index contributed by atoms with van der Waals surface area (Å²) in [5.41, 5.74) is 16.1. The zero-order chi connectivity index (χ0) is 39.9.